The van der Waals surface area contributed by atoms with Gasteiger partial charge in [-0.25, -0.2) is 0 Å². The number of rotatable bonds is 7. The van der Waals surface area contributed by atoms with Crippen LogP contribution >= 0.6 is 0 Å². The Morgan fingerprint density at radius 1 is 1.11 bits per heavy atom. The van der Waals surface area contributed by atoms with Crippen LogP contribution in [0, 0.1) is 5.41 Å². The molecule has 2 fully saturated rings. The van der Waals surface area contributed by atoms with Crippen molar-refractivity contribution in [2.24, 2.45) is 5.41 Å². The lowest BCUT2D eigenvalue weighted by Gasteiger charge is -2.40. The van der Waals surface area contributed by atoms with Crippen LogP contribution in [0.3, 0.4) is 0 Å². The van der Waals surface area contributed by atoms with Gasteiger partial charge in [0.2, 0.25) is 0 Å². The van der Waals surface area contributed by atoms with Crippen LogP contribution < -0.4 is 5.32 Å². The summed E-state index contributed by atoms with van der Waals surface area (Å²) in [5, 5.41) is 13.3. The topological polar surface area (TPSA) is 35.5 Å². The second-order valence-corrected chi connectivity index (χ2v) is 6.37. The first-order valence-electron chi connectivity index (χ1n) is 7.81. The largest absolute Gasteiger partial charge is 0.393 e. The minimum atomic E-state index is -0.0523. The zero-order valence-corrected chi connectivity index (χ0v) is 12.1. The lowest BCUT2D eigenvalue weighted by Crippen LogP contribution is -2.47. The minimum Gasteiger partial charge on any atom is -0.393 e. The Bertz CT molecular complexity index is 241. The molecule has 0 amide bonds. The average molecular weight is 254 g/mol. The van der Waals surface area contributed by atoms with Crippen LogP contribution in [0.2, 0.25) is 0 Å². The summed E-state index contributed by atoms with van der Waals surface area (Å²) in [5.74, 6) is 0. The highest BCUT2D eigenvalue weighted by molar-refractivity contribution is 4.89. The van der Waals surface area contributed by atoms with Crippen molar-refractivity contribution in [1.29, 1.82) is 0 Å². The molecule has 0 aromatic carbocycles. The molecule has 1 saturated heterocycles. The molecule has 3 nitrogen and oxygen atoms in total. The summed E-state index contributed by atoms with van der Waals surface area (Å²) in [6, 6.07) is 0.811. The number of nitrogens with zero attached hydrogens (tertiary/aromatic N) is 1. The van der Waals surface area contributed by atoms with Gasteiger partial charge >= 0.3 is 0 Å². The van der Waals surface area contributed by atoms with Crippen molar-refractivity contribution in [3.63, 3.8) is 0 Å². The van der Waals surface area contributed by atoms with Gasteiger partial charge in [-0.1, -0.05) is 13.8 Å². The van der Waals surface area contributed by atoms with Gasteiger partial charge in [0, 0.05) is 32.2 Å². The average Bonchev–Trinajstić information content (AvgIpc) is 3.21. The number of aliphatic hydroxyl groups is 1. The van der Waals surface area contributed by atoms with Gasteiger partial charge in [0.05, 0.1) is 6.10 Å². The quantitative estimate of drug-likeness (QED) is 0.729. The highest BCUT2D eigenvalue weighted by Crippen LogP contribution is 2.30. The van der Waals surface area contributed by atoms with E-state index in [4.69, 9.17) is 0 Å². The molecule has 2 N–H and O–H groups in total. The minimum absolute atomic E-state index is 0.0523. The Balaban J connectivity index is 1.83. The van der Waals surface area contributed by atoms with Gasteiger partial charge in [0.15, 0.2) is 0 Å². The second-order valence-electron chi connectivity index (χ2n) is 6.37. The first kappa shape index (κ1) is 14.3. The van der Waals surface area contributed by atoms with E-state index in [9.17, 15) is 5.11 Å². The normalized spacial score (nSPS) is 23.5. The Hall–Kier alpha value is -0.120. The fraction of sp³-hybridized carbons (Fsp3) is 1.00. The lowest BCUT2D eigenvalue weighted by molar-refractivity contribution is 0.0526. The van der Waals surface area contributed by atoms with Crippen LogP contribution in [-0.4, -0.2) is 48.3 Å². The maximum atomic E-state index is 9.59. The maximum Gasteiger partial charge on any atom is 0.0564 e. The van der Waals surface area contributed by atoms with E-state index in [0.29, 0.717) is 5.41 Å². The summed E-state index contributed by atoms with van der Waals surface area (Å²) in [6.07, 6.45) is 7.12. The van der Waals surface area contributed by atoms with Gasteiger partial charge in [-0.3, -0.25) is 0 Å². The van der Waals surface area contributed by atoms with Crippen molar-refractivity contribution in [3.05, 3.63) is 0 Å². The molecule has 1 heterocycles. The van der Waals surface area contributed by atoms with Crippen molar-refractivity contribution in [3.8, 4) is 0 Å². The molecule has 0 bridgehead atoms. The van der Waals surface area contributed by atoms with Crippen LogP contribution in [0.15, 0.2) is 0 Å². The molecule has 0 aromatic heterocycles. The van der Waals surface area contributed by atoms with Crippen LogP contribution in [0.5, 0.6) is 0 Å². The van der Waals surface area contributed by atoms with Crippen molar-refractivity contribution in [2.45, 2.75) is 64.5 Å². The molecule has 0 radical (unpaired) electrons. The summed E-state index contributed by atoms with van der Waals surface area (Å²) in [6.45, 7) is 9.18. The number of aliphatic hydroxyl groups excluding tert-OH is 1. The SMILES string of the molecule is CCC(CC)(CNC1CC1)CN1CCC(O)CC1. The molecule has 3 heteroatoms. The summed E-state index contributed by atoms with van der Waals surface area (Å²) >= 11 is 0. The number of hydrogen-bond acceptors (Lipinski definition) is 3. The molecule has 18 heavy (non-hydrogen) atoms. The van der Waals surface area contributed by atoms with Gasteiger partial charge in [-0.2, -0.15) is 0 Å². The van der Waals surface area contributed by atoms with Crippen molar-refractivity contribution in [2.75, 3.05) is 26.2 Å². The highest BCUT2D eigenvalue weighted by atomic mass is 16.3. The van der Waals surface area contributed by atoms with E-state index in [1.807, 2.05) is 0 Å². The Morgan fingerprint density at radius 2 is 1.72 bits per heavy atom. The number of likely N-dealkylation sites (tertiary alicyclic amines) is 1. The number of piperidine rings is 1. The number of hydrogen-bond donors (Lipinski definition) is 2. The highest BCUT2D eigenvalue weighted by Gasteiger charge is 2.32. The first-order chi connectivity index (χ1) is 8.67. The smallest absolute Gasteiger partial charge is 0.0564 e. The first-order valence-corrected chi connectivity index (χ1v) is 7.81. The third kappa shape index (κ3) is 3.94. The summed E-state index contributed by atoms with van der Waals surface area (Å²) in [7, 11) is 0. The molecular weight excluding hydrogens is 224 g/mol. The Morgan fingerprint density at radius 3 is 2.22 bits per heavy atom. The van der Waals surface area contributed by atoms with Crippen molar-refractivity contribution in [1.82, 2.24) is 10.2 Å². The molecule has 1 saturated carbocycles. The molecule has 2 rings (SSSR count). The standard InChI is InChI=1S/C15H30N2O/c1-3-15(4-2,11-16-13-5-6-13)12-17-9-7-14(18)8-10-17/h13-14,16,18H,3-12H2,1-2H3. The van der Waals surface area contributed by atoms with Crippen LogP contribution in [0.4, 0.5) is 0 Å². The molecule has 106 valence electrons. The predicted molar refractivity (Wildman–Crippen MR) is 75.7 cm³/mol. The van der Waals surface area contributed by atoms with E-state index < -0.39 is 0 Å². The monoisotopic (exact) mass is 254 g/mol. The van der Waals surface area contributed by atoms with Crippen molar-refractivity contribution >= 4 is 0 Å². The van der Waals surface area contributed by atoms with Gasteiger partial charge < -0.3 is 15.3 Å². The van der Waals surface area contributed by atoms with E-state index >= 15 is 0 Å². The van der Waals surface area contributed by atoms with E-state index in [1.165, 1.54) is 38.8 Å². The summed E-state index contributed by atoms with van der Waals surface area (Å²) < 4.78 is 0. The maximum absolute atomic E-state index is 9.59. The lowest BCUT2D eigenvalue weighted by atomic mass is 9.81. The fourth-order valence-electron chi connectivity index (χ4n) is 2.98. The number of nitrogens with one attached hydrogen (secondary N) is 1. The third-order valence-corrected chi connectivity index (χ3v) is 4.96. The molecule has 0 aromatic rings. The van der Waals surface area contributed by atoms with E-state index in [0.717, 1.165) is 32.0 Å². The molecule has 0 atom stereocenters. The fourth-order valence-corrected chi connectivity index (χ4v) is 2.98. The molecule has 0 spiro atoms. The van der Waals surface area contributed by atoms with Gasteiger partial charge in [-0.15, -0.1) is 0 Å². The molecule has 1 aliphatic carbocycles. The van der Waals surface area contributed by atoms with E-state index in [2.05, 4.69) is 24.1 Å². The molecule has 2 aliphatic rings. The van der Waals surface area contributed by atoms with Crippen LogP contribution in [0.1, 0.15) is 52.4 Å². The molecule has 0 unspecified atom stereocenters. The van der Waals surface area contributed by atoms with Crippen LogP contribution in [-0.2, 0) is 0 Å². The van der Waals surface area contributed by atoms with Gasteiger partial charge in [0.25, 0.3) is 0 Å². The molecule has 1 aliphatic heterocycles. The Labute approximate surface area is 112 Å². The Kier molecular flexibility index (Phi) is 5.05. The summed E-state index contributed by atoms with van der Waals surface area (Å²) in [4.78, 5) is 2.56. The predicted octanol–water partition coefficient (Wildman–Crippen LogP) is 2.00. The van der Waals surface area contributed by atoms with Gasteiger partial charge in [0.1, 0.15) is 0 Å². The third-order valence-electron chi connectivity index (χ3n) is 4.96. The van der Waals surface area contributed by atoms with Crippen molar-refractivity contribution < 1.29 is 5.11 Å². The molecular formula is C15H30N2O. The second kappa shape index (κ2) is 6.36. The zero-order valence-electron chi connectivity index (χ0n) is 12.1. The van der Waals surface area contributed by atoms with E-state index in [1.54, 1.807) is 0 Å². The van der Waals surface area contributed by atoms with Crippen LogP contribution in [0.25, 0.3) is 0 Å². The zero-order chi connectivity index (χ0) is 13.0. The summed E-state index contributed by atoms with van der Waals surface area (Å²) in [5.41, 5.74) is 0.435. The van der Waals surface area contributed by atoms with Gasteiger partial charge in [-0.05, 0) is 43.9 Å². The van der Waals surface area contributed by atoms with E-state index in [-0.39, 0.29) is 6.10 Å².